The molecular formula is C17H16F3N3O3S2. The van der Waals surface area contributed by atoms with Crippen LogP contribution < -0.4 is 13.9 Å². The zero-order valence-electron chi connectivity index (χ0n) is 14.6. The average molecular weight is 431 g/mol. The molecule has 0 saturated carbocycles. The normalized spacial score (nSPS) is 15.0. The van der Waals surface area contributed by atoms with Crippen LogP contribution in [0.25, 0.3) is 0 Å². The summed E-state index contributed by atoms with van der Waals surface area (Å²) in [6.07, 6.45) is 0. The van der Waals surface area contributed by atoms with E-state index in [1.807, 2.05) is 0 Å². The lowest BCUT2D eigenvalue weighted by Gasteiger charge is -2.19. The van der Waals surface area contributed by atoms with Crippen LogP contribution in [0.5, 0.6) is 0 Å². The molecule has 28 heavy (non-hydrogen) atoms. The number of nitrogens with zero attached hydrogens (tertiary/aromatic N) is 2. The number of nitrogens with one attached hydrogen (secondary N) is 1. The Bertz CT molecular complexity index is 1000. The zero-order chi connectivity index (χ0) is 20.5. The minimum atomic E-state index is -3.88. The number of halogens is 3. The Hall–Kier alpha value is -2.40. The maximum absolute atomic E-state index is 13.6. The van der Waals surface area contributed by atoms with E-state index in [2.05, 4.69) is 5.32 Å². The number of alkyl halides is 2. The van der Waals surface area contributed by atoms with Gasteiger partial charge in [0.25, 0.3) is 11.7 Å². The van der Waals surface area contributed by atoms with E-state index in [9.17, 15) is 26.4 Å². The summed E-state index contributed by atoms with van der Waals surface area (Å²) in [6, 6.07) is 9.53. The van der Waals surface area contributed by atoms with E-state index in [4.69, 9.17) is 0 Å². The maximum atomic E-state index is 13.6. The van der Waals surface area contributed by atoms with E-state index in [0.717, 1.165) is 20.7 Å². The summed E-state index contributed by atoms with van der Waals surface area (Å²) in [5.74, 6) is -3.87. The predicted molar refractivity (Wildman–Crippen MR) is 102 cm³/mol. The van der Waals surface area contributed by atoms with Crippen molar-refractivity contribution in [1.82, 2.24) is 5.32 Å². The molecule has 1 amide bonds. The lowest BCUT2D eigenvalue weighted by Crippen LogP contribution is -2.40. The summed E-state index contributed by atoms with van der Waals surface area (Å²) in [6.45, 7) is -0.228. The van der Waals surface area contributed by atoms with Gasteiger partial charge >= 0.3 is 10.2 Å². The molecule has 1 heterocycles. The van der Waals surface area contributed by atoms with E-state index in [0.29, 0.717) is 5.69 Å². The second-order valence-corrected chi connectivity index (χ2v) is 8.73. The van der Waals surface area contributed by atoms with Gasteiger partial charge in [-0.2, -0.15) is 17.2 Å². The fourth-order valence-corrected chi connectivity index (χ4v) is 4.87. The third kappa shape index (κ3) is 3.90. The number of thioether (sulfide) groups is 1. The van der Waals surface area contributed by atoms with Gasteiger partial charge < -0.3 is 5.32 Å². The number of benzene rings is 2. The highest BCUT2D eigenvalue weighted by Gasteiger charge is 2.37. The van der Waals surface area contributed by atoms with Gasteiger partial charge in [-0.05, 0) is 24.3 Å². The molecule has 0 unspecified atom stereocenters. The fourth-order valence-electron chi connectivity index (χ4n) is 2.81. The summed E-state index contributed by atoms with van der Waals surface area (Å²) >= 11 is 0.256. The minimum absolute atomic E-state index is 0.0700. The summed E-state index contributed by atoms with van der Waals surface area (Å²) in [4.78, 5) is 12.5. The van der Waals surface area contributed by atoms with Crippen LogP contribution in [0.3, 0.4) is 0 Å². The number of carbonyl (C=O) groups excluding carboxylic acids is 1. The standard InChI is InChI=1S/C17H16F3N3O3S2/c1-22-13-7-6-11(18)10-14(13)23(28(22,25)26)9-8-21-16(24)12-4-2-3-5-15(12)27-17(19)20/h2-7,10,17H,8-9H2,1H3,(H,21,24). The second-order valence-electron chi connectivity index (χ2n) is 5.81. The van der Waals surface area contributed by atoms with Crippen LogP contribution in [0.4, 0.5) is 24.5 Å². The lowest BCUT2D eigenvalue weighted by molar-refractivity contribution is 0.0952. The quantitative estimate of drug-likeness (QED) is 0.714. The molecule has 0 atom stereocenters. The molecule has 2 aromatic carbocycles. The molecule has 0 spiro atoms. The van der Waals surface area contributed by atoms with Crippen molar-refractivity contribution in [3.8, 4) is 0 Å². The third-order valence-electron chi connectivity index (χ3n) is 4.12. The van der Waals surface area contributed by atoms with Crippen molar-refractivity contribution in [2.75, 3.05) is 28.7 Å². The van der Waals surface area contributed by atoms with Gasteiger partial charge in [-0.15, -0.1) is 0 Å². The van der Waals surface area contributed by atoms with Gasteiger partial charge in [0.1, 0.15) is 5.82 Å². The van der Waals surface area contributed by atoms with Gasteiger partial charge in [-0.25, -0.2) is 8.70 Å². The average Bonchev–Trinajstić information content (AvgIpc) is 2.81. The van der Waals surface area contributed by atoms with Crippen LogP contribution in [-0.4, -0.2) is 40.2 Å². The lowest BCUT2D eigenvalue weighted by atomic mass is 10.2. The molecule has 11 heteroatoms. The summed E-state index contributed by atoms with van der Waals surface area (Å²) in [5.41, 5.74) is 0.567. The summed E-state index contributed by atoms with van der Waals surface area (Å²) < 4.78 is 65.9. The van der Waals surface area contributed by atoms with Crippen LogP contribution in [0.15, 0.2) is 47.4 Å². The Morgan fingerprint density at radius 2 is 1.89 bits per heavy atom. The maximum Gasteiger partial charge on any atom is 0.326 e. The van der Waals surface area contributed by atoms with E-state index < -0.39 is 27.7 Å². The van der Waals surface area contributed by atoms with Crippen LogP contribution in [0, 0.1) is 5.82 Å². The van der Waals surface area contributed by atoms with E-state index in [-0.39, 0.29) is 41.0 Å². The molecule has 0 aliphatic carbocycles. The number of fused-ring (bicyclic) bond motifs is 1. The van der Waals surface area contributed by atoms with Crippen molar-refractivity contribution in [2.24, 2.45) is 0 Å². The van der Waals surface area contributed by atoms with Gasteiger partial charge in [0, 0.05) is 24.6 Å². The largest absolute Gasteiger partial charge is 0.350 e. The van der Waals surface area contributed by atoms with Gasteiger partial charge in [0.15, 0.2) is 0 Å². The molecule has 6 nitrogen and oxygen atoms in total. The molecule has 0 fully saturated rings. The molecule has 3 rings (SSSR count). The van der Waals surface area contributed by atoms with Gasteiger partial charge in [-0.3, -0.25) is 9.10 Å². The highest BCUT2D eigenvalue weighted by atomic mass is 32.2. The van der Waals surface area contributed by atoms with Gasteiger partial charge in [0.05, 0.1) is 23.5 Å². The Morgan fingerprint density at radius 3 is 2.61 bits per heavy atom. The number of anilines is 2. The molecule has 1 aliphatic heterocycles. The van der Waals surface area contributed by atoms with Crippen molar-refractivity contribution in [3.63, 3.8) is 0 Å². The molecule has 0 bridgehead atoms. The van der Waals surface area contributed by atoms with Crippen molar-refractivity contribution in [3.05, 3.63) is 53.8 Å². The second kappa shape index (κ2) is 7.92. The van der Waals surface area contributed by atoms with Crippen LogP contribution >= 0.6 is 11.8 Å². The van der Waals surface area contributed by atoms with Crippen molar-refractivity contribution in [1.29, 1.82) is 0 Å². The molecule has 1 N–H and O–H groups in total. The van der Waals surface area contributed by atoms with Crippen LogP contribution in [0.1, 0.15) is 10.4 Å². The Kier molecular flexibility index (Phi) is 5.75. The first-order valence-electron chi connectivity index (χ1n) is 8.10. The third-order valence-corrected chi connectivity index (χ3v) is 6.73. The first-order chi connectivity index (χ1) is 13.2. The summed E-state index contributed by atoms with van der Waals surface area (Å²) in [7, 11) is -2.53. The molecule has 0 saturated heterocycles. The monoisotopic (exact) mass is 431 g/mol. The highest BCUT2D eigenvalue weighted by molar-refractivity contribution is 7.99. The number of hydrogen-bond acceptors (Lipinski definition) is 4. The van der Waals surface area contributed by atoms with E-state index in [1.54, 1.807) is 12.1 Å². The first-order valence-corrected chi connectivity index (χ1v) is 10.4. The topological polar surface area (TPSA) is 69.7 Å². The number of hydrogen-bond donors (Lipinski definition) is 1. The Morgan fingerprint density at radius 1 is 1.18 bits per heavy atom. The van der Waals surface area contributed by atoms with E-state index in [1.165, 1.54) is 25.2 Å². The molecule has 1 aliphatic rings. The van der Waals surface area contributed by atoms with Crippen molar-refractivity contribution >= 4 is 39.3 Å². The minimum Gasteiger partial charge on any atom is -0.350 e. The number of amides is 1. The fraction of sp³-hybridized carbons (Fsp3) is 0.235. The predicted octanol–water partition coefficient (Wildman–Crippen LogP) is 3.07. The highest BCUT2D eigenvalue weighted by Crippen LogP contribution is 2.39. The smallest absolute Gasteiger partial charge is 0.326 e. The molecule has 0 radical (unpaired) electrons. The zero-order valence-corrected chi connectivity index (χ0v) is 16.2. The number of carbonyl (C=O) groups is 1. The Labute approximate surface area is 164 Å². The number of rotatable bonds is 6. The van der Waals surface area contributed by atoms with E-state index >= 15 is 0 Å². The molecule has 150 valence electrons. The molecule has 2 aromatic rings. The van der Waals surface area contributed by atoms with Crippen LogP contribution in [0.2, 0.25) is 0 Å². The van der Waals surface area contributed by atoms with Gasteiger partial charge in [-0.1, -0.05) is 23.9 Å². The summed E-state index contributed by atoms with van der Waals surface area (Å²) in [5, 5.41) is 2.52. The SMILES string of the molecule is CN1c2ccc(F)cc2N(CCNC(=O)c2ccccc2SC(F)F)S1(=O)=O. The van der Waals surface area contributed by atoms with Gasteiger partial charge in [0.2, 0.25) is 0 Å². The first kappa shape index (κ1) is 20.3. The van der Waals surface area contributed by atoms with Crippen molar-refractivity contribution < 1.29 is 26.4 Å². The Balaban J connectivity index is 1.72. The molecule has 0 aromatic heterocycles. The molecular weight excluding hydrogens is 415 g/mol. The van der Waals surface area contributed by atoms with Crippen molar-refractivity contribution in [2.45, 2.75) is 10.7 Å². The van der Waals surface area contributed by atoms with Crippen LogP contribution in [-0.2, 0) is 10.2 Å².